The van der Waals surface area contributed by atoms with E-state index in [2.05, 4.69) is 31.0 Å². The third-order valence-corrected chi connectivity index (χ3v) is 4.45. The zero-order valence-corrected chi connectivity index (χ0v) is 11.3. The van der Waals surface area contributed by atoms with Crippen molar-refractivity contribution in [3.63, 3.8) is 0 Å². The molecule has 1 atom stereocenters. The Kier molecular flexibility index (Phi) is 3.91. The average Bonchev–Trinajstić information content (AvgIpc) is 2.84. The van der Waals surface area contributed by atoms with E-state index in [0.29, 0.717) is 5.41 Å². The summed E-state index contributed by atoms with van der Waals surface area (Å²) >= 11 is 0. The average molecular weight is 224 g/mol. The fourth-order valence-electron chi connectivity index (χ4n) is 3.01. The van der Waals surface area contributed by atoms with Gasteiger partial charge in [-0.15, -0.1) is 0 Å². The zero-order valence-electron chi connectivity index (χ0n) is 11.3. The quantitative estimate of drug-likeness (QED) is 0.746. The van der Waals surface area contributed by atoms with Gasteiger partial charge in [0.1, 0.15) is 0 Å². The number of likely N-dealkylation sites (tertiary alicyclic amines) is 1. The van der Waals surface area contributed by atoms with E-state index in [1.54, 1.807) is 0 Å². The largest absolute Gasteiger partial charge is 0.312 e. The van der Waals surface area contributed by atoms with Gasteiger partial charge in [0.15, 0.2) is 0 Å². The van der Waals surface area contributed by atoms with E-state index in [9.17, 15) is 0 Å². The first kappa shape index (κ1) is 12.4. The summed E-state index contributed by atoms with van der Waals surface area (Å²) in [6, 6.07) is 1.48. The van der Waals surface area contributed by atoms with Crippen LogP contribution in [-0.2, 0) is 0 Å². The minimum atomic E-state index is 0.708. The number of hydrogen-bond donors (Lipinski definition) is 1. The second-order valence-corrected chi connectivity index (χ2v) is 6.21. The fraction of sp³-hybridized carbons (Fsp3) is 1.00. The summed E-state index contributed by atoms with van der Waals surface area (Å²) in [5.74, 6) is 0. The molecule has 0 radical (unpaired) electrons. The van der Waals surface area contributed by atoms with Crippen molar-refractivity contribution < 1.29 is 0 Å². The smallest absolute Gasteiger partial charge is 0.0207 e. The monoisotopic (exact) mass is 224 g/mol. The first-order valence-corrected chi connectivity index (χ1v) is 7.13. The van der Waals surface area contributed by atoms with Crippen molar-refractivity contribution in [2.75, 3.05) is 19.6 Å². The van der Waals surface area contributed by atoms with Crippen LogP contribution in [0.15, 0.2) is 0 Å². The van der Waals surface area contributed by atoms with Crippen molar-refractivity contribution in [2.45, 2.75) is 65.0 Å². The Hall–Kier alpha value is -0.0800. The molecule has 1 saturated carbocycles. The SMILES string of the molecule is CCCC1(CNC2CCN(C(C)C)C2)CC1. The Morgan fingerprint density at radius 3 is 2.62 bits per heavy atom. The lowest BCUT2D eigenvalue weighted by Crippen LogP contribution is -2.37. The van der Waals surface area contributed by atoms with Gasteiger partial charge in [-0.2, -0.15) is 0 Å². The number of hydrogen-bond acceptors (Lipinski definition) is 2. The molecule has 2 nitrogen and oxygen atoms in total. The van der Waals surface area contributed by atoms with E-state index < -0.39 is 0 Å². The van der Waals surface area contributed by atoms with Gasteiger partial charge in [0, 0.05) is 25.2 Å². The summed E-state index contributed by atoms with van der Waals surface area (Å²) in [6.07, 6.45) is 7.06. The highest BCUT2D eigenvalue weighted by molar-refractivity contribution is 4.96. The van der Waals surface area contributed by atoms with Crippen molar-refractivity contribution >= 4 is 0 Å². The summed E-state index contributed by atoms with van der Waals surface area (Å²) in [6.45, 7) is 10.8. The summed E-state index contributed by atoms with van der Waals surface area (Å²) in [5, 5.41) is 3.81. The molecule has 0 aromatic carbocycles. The lowest BCUT2D eigenvalue weighted by atomic mass is 10.0. The molecule has 0 spiro atoms. The predicted octanol–water partition coefficient (Wildman–Crippen LogP) is 2.64. The Labute approximate surface area is 101 Å². The highest BCUT2D eigenvalue weighted by atomic mass is 15.2. The van der Waals surface area contributed by atoms with Gasteiger partial charge in [-0.3, -0.25) is 4.90 Å². The van der Waals surface area contributed by atoms with Gasteiger partial charge in [-0.25, -0.2) is 0 Å². The normalized spacial score (nSPS) is 28.9. The molecule has 0 bridgehead atoms. The van der Waals surface area contributed by atoms with Gasteiger partial charge >= 0.3 is 0 Å². The van der Waals surface area contributed by atoms with Crippen LogP contribution >= 0.6 is 0 Å². The Morgan fingerprint density at radius 2 is 2.12 bits per heavy atom. The molecule has 1 saturated heterocycles. The maximum Gasteiger partial charge on any atom is 0.0207 e. The van der Waals surface area contributed by atoms with Gasteiger partial charge in [0.05, 0.1) is 0 Å². The van der Waals surface area contributed by atoms with Gasteiger partial charge in [0.2, 0.25) is 0 Å². The van der Waals surface area contributed by atoms with Crippen molar-refractivity contribution in [3.05, 3.63) is 0 Å². The number of nitrogens with one attached hydrogen (secondary N) is 1. The lowest BCUT2D eigenvalue weighted by Gasteiger charge is -2.22. The van der Waals surface area contributed by atoms with Crippen LogP contribution in [0, 0.1) is 5.41 Å². The van der Waals surface area contributed by atoms with Crippen molar-refractivity contribution in [1.82, 2.24) is 10.2 Å². The molecule has 16 heavy (non-hydrogen) atoms. The summed E-state index contributed by atoms with van der Waals surface area (Å²) in [7, 11) is 0. The minimum absolute atomic E-state index is 0.708. The molecule has 1 heterocycles. The second kappa shape index (κ2) is 5.05. The molecule has 1 aliphatic carbocycles. The standard InChI is InChI=1S/C14H28N2/c1-4-6-14(7-8-14)11-15-13-5-9-16(10-13)12(2)3/h12-13,15H,4-11H2,1-3H3. The van der Waals surface area contributed by atoms with Crippen LogP contribution < -0.4 is 5.32 Å². The molecular formula is C14H28N2. The fourth-order valence-corrected chi connectivity index (χ4v) is 3.01. The molecule has 1 aliphatic heterocycles. The first-order valence-electron chi connectivity index (χ1n) is 7.13. The van der Waals surface area contributed by atoms with Crippen molar-refractivity contribution in [3.8, 4) is 0 Å². The number of nitrogens with zero attached hydrogens (tertiary/aromatic N) is 1. The van der Waals surface area contributed by atoms with Gasteiger partial charge < -0.3 is 5.32 Å². The lowest BCUT2D eigenvalue weighted by molar-refractivity contribution is 0.265. The molecule has 2 fully saturated rings. The Morgan fingerprint density at radius 1 is 1.38 bits per heavy atom. The van der Waals surface area contributed by atoms with Crippen LogP contribution in [0.4, 0.5) is 0 Å². The summed E-state index contributed by atoms with van der Waals surface area (Å²) in [5.41, 5.74) is 0.708. The third-order valence-electron chi connectivity index (χ3n) is 4.45. The zero-order chi connectivity index (χ0) is 11.6. The highest BCUT2D eigenvalue weighted by Gasteiger charge is 2.41. The van der Waals surface area contributed by atoms with Crippen LogP contribution in [0.1, 0.15) is 52.9 Å². The number of rotatable bonds is 6. The molecule has 1 unspecified atom stereocenters. The van der Waals surface area contributed by atoms with E-state index in [1.165, 1.54) is 51.7 Å². The van der Waals surface area contributed by atoms with E-state index >= 15 is 0 Å². The van der Waals surface area contributed by atoms with Gasteiger partial charge in [0.25, 0.3) is 0 Å². The Balaban J connectivity index is 1.68. The predicted molar refractivity (Wildman–Crippen MR) is 69.7 cm³/mol. The molecule has 0 amide bonds. The van der Waals surface area contributed by atoms with Gasteiger partial charge in [-0.05, 0) is 51.5 Å². The molecule has 1 N–H and O–H groups in total. The maximum atomic E-state index is 3.81. The van der Waals surface area contributed by atoms with Crippen LogP contribution in [0.25, 0.3) is 0 Å². The molecule has 2 rings (SSSR count). The van der Waals surface area contributed by atoms with Crippen LogP contribution in [0.2, 0.25) is 0 Å². The first-order chi connectivity index (χ1) is 7.65. The van der Waals surface area contributed by atoms with Crippen molar-refractivity contribution in [2.24, 2.45) is 5.41 Å². The van der Waals surface area contributed by atoms with Crippen LogP contribution in [-0.4, -0.2) is 36.6 Å². The van der Waals surface area contributed by atoms with E-state index in [1.807, 2.05) is 0 Å². The molecule has 94 valence electrons. The Bertz CT molecular complexity index is 221. The third kappa shape index (κ3) is 2.98. The maximum absolute atomic E-state index is 3.81. The van der Waals surface area contributed by atoms with Crippen LogP contribution in [0.5, 0.6) is 0 Å². The summed E-state index contributed by atoms with van der Waals surface area (Å²) in [4.78, 5) is 2.59. The summed E-state index contributed by atoms with van der Waals surface area (Å²) < 4.78 is 0. The topological polar surface area (TPSA) is 15.3 Å². The minimum Gasteiger partial charge on any atom is -0.312 e. The molecular weight excluding hydrogens is 196 g/mol. The molecule has 0 aromatic rings. The van der Waals surface area contributed by atoms with E-state index in [-0.39, 0.29) is 0 Å². The van der Waals surface area contributed by atoms with Crippen LogP contribution in [0.3, 0.4) is 0 Å². The molecule has 2 heteroatoms. The van der Waals surface area contributed by atoms with E-state index in [4.69, 9.17) is 0 Å². The second-order valence-electron chi connectivity index (χ2n) is 6.21. The highest BCUT2D eigenvalue weighted by Crippen LogP contribution is 2.49. The van der Waals surface area contributed by atoms with Crippen molar-refractivity contribution in [1.29, 1.82) is 0 Å². The van der Waals surface area contributed by atoms with Gasteiger partial charge in [-0.1, -0.05) is 13.3 Å². The molecule has 0 aromatic heterocycles. The molecule has 2 aliphatic rings. The van der Waals surface area contributed by atoms with E-state index in [0.717, 1.165) is 12.1 Å².